The van der Waals surface area contributed by atoms with E-state index in [0.717, 1.165) is 23.5 Å². The van der Waals surface area contributed by atoms with Crippen molar-refractivity contribution in [2.24, 2.45) is 5.73 Å². The molecule has 0 atom stereocenters. The maximum atomic E-state index is 5.57. The van der Waals surface area contributed by atoms with Gasteiger partial charge in [0.1, 0.15) is 0 Å². The zero-order chi connectivity index (χ0) is 11.4. The zero-order valence-corrected chi connectivity index (χ0v) is 9.89. The summed E-state index contributed by atoms with van der Waals surface area (Å²) in [6.45, 7) is 4.77. The molecule has 1 aromatic rings. The van der Waals surface area contributed by atoms with Crippen LogP contribution >= 0.6 is 0 Å². The monoisotopic (exact) mass is 209 g/mol. The molecule has 15 heavy (non-hydrogen) atoms. The van der Waals surface area contributed by atoms with Crippen molar-refractivity contribution in [1.82, 2.24) is 0 Å². The van der Waals surface area contributed by atoms with Crippen molar-refractivity contribution in [3.05, 3.63) is 22.8 Å². The largest absolute Gasteiger partial charge is 0.493 e. The van der Waals surface area contributed by atoms with Gasteiger partial charge in [-0.2, -0.15) is 0 Å². The third kappa shape index (κ3) is 2.23. The standard InChI is InChI=1S/C12H19NO2/c1-8-9(2)12(15-4)11(14-3)7-10(8)5-6-13/h7H,5-6,13H2,1-4H3. The first-order valence-corrected chi connectivity index (χ1v) is 5.06. The minimum Gasteiger partial charge on any atom is -0.493 e. The molecule has 0 fully saturated rings. The molecule has 0 aliphatic rings. The lowest BCUT2D eigenvalue weighted by Gasteiger charge is -2.16. The van der Waals surface area contributed by atoms with Crippen LogP contribution in [0.3, 0.4) is 0 Å². The average Bonchev–Trinajstić information content (AvgIpc) is 2.24. The predicted molar refractivity (Wildman–Crippen MR) is 61.8 cm³/mol. The van der Waals surface area contributed by atoms with Gasteiger partial charge in [0.15, 0.2) is 11.5 Å². The molecule has 0 amide bonds. The van der Waals surface area contributed by atoms with Crippen molar-refractivity contribution >= 4 is 0 Å². The van der Waals surface area contributed by atoms with Gasteiger partial charge in [0, 0.05) is 0 Å². The van der Waals surface area contributed by atoms with Gasteiger partial charge in [0.25, 0.3) is 0 Å². The minimum atomic E-state index is 0.649. The molecule has 0 heterocycles. The average molecular weight is 209 g/mol. The Bertz CT molecular complexity index is 348. The summed E-state index contributed by atoms with van der Waals surface area (Å²) in [5.74, 6) is 1.60. The topological polar surface area (TPSA) is 44.5 Å². The van der Waals surface area contributed by atoms with Crippen molar-refractivity contribution in [3.63, 3.8) is 0 Å². The highest BCUT2D eigenvalue weighted by atomic mass is 16.5. The van der Waals surface area contributed by atoms with Gasteiger partial charge in [0.05, 0.1) is 14.2 Å². The number of ether oxygens (including phenoxy) is 2. The number of hydrogen-bond donors (Lipinski definition) is 1. The molecule has 0 saturated heterocycles. The first-order valence-electron chi connectivity index (χ1n) is 5.06. The van der Waals surface area contributed by atoms with Gasteiger partial charge >= 0.3 is 0 Å². The SMILES string of the molecule is COc1cc(CCN)c(C)c(C)c1OC. The number of hydrogen-bond acceptors (Lipinski definition) is 3. The molecular weight excluding hydrogens is 190 g/mol. The summed E-state index contributed by atoms with van der Waals surface area (Å²) in [5, 5.41) is 0. The van der Waals surface area contributed by atoms with Crippen LogP contribution in [0.15, 0.2) is 6.07 Å². The third-order valence-corrected chi connectivity index (χ3v) is 2.75. The van der Waals surface area contributed by atoms with Gasteiger partial charge in [-0.25, -0.2) is 0 Å². The van der Waals surface area contributed by atoms with Gasteiger partial charge in [-0.1, -0.05) is 0 Å². The van der Waals surface area contributed by atoms with Gasteiger partial charge in [-0.3, -0.25) is 0 Å². The normalized spacial score (nSPS) is 10.2. The van der Waals surface area contributed by atoms with Crippen LogP contribution in [0.1, 0.15) is 16.7 Å². The summed E-state index contributed by atoms with van der Waals surface area (Å²) in [4.78, 5) is 0. The molecule has 0 aliphatic carbocycles. The Balaban J connectivity index is 3.29. The van der Waals surface area contributed by atoms with Crippen LogP contribution in [0, 0.1) is 13.8 Å². The van der Waals surface area contributed by atoms with Crippen molar-refractivity contribution < 1.29 is 9.47 Å². The lowest BCUT2D eigenvalue weighted by molar-refractivity contribution is 0.352. The van der Waals surface area contributed by atoms with Crippen molar-refractivity contribution in [2.75, 3.05) is 20.8 Å². The van der Waals surface area contributed by atoms with Crippen LogP contribution in [-0.2, 0) is 6.42 Å². The molecule has 84 valence electrons. The van der Waals surface area contributed by atoms with E-state index in [0.29, 0.717) is 6.54 Å². The molecule has 0 radical (unpaired) electrons. The lowest BCUT2D eigenvalue weighted by atomic mass is 9.99. The summed E-state index contributed by atoms with van der Waals surface area (Å²) in [5.41, 5.74) is 9.16. The highest BCUT2D eigenvalue weighted by Gasteiger charge is 2.12. The number of methoxy groups -OCH3 is 2. The Morgan fingerprint density at radius 2 is 1.80 bits per heavy atom. The van der Waals surface area contributed by atoms with E-state index in [1.165, 1.54) is 11.1 Å². The second-order valence-electron chi connectivity index (χ2n) is 3.56. The van der Waals surface area contributed by atoms with E-state index >= 15 is 0 Å². The van der Waals surface area contributed by atoms with E-state index in [2.05, 4.69) is 6.92 Å². The maximum absolute atomic E-state index is 5.57. The summed E-state index contributed by atoms with van der Waals surface area (Å²) < 4.78 is 10.6. The summed E-state index contributed by atoms with van der Waals surface area (Å²) in [6.07, 6.45) is 0.868. The fraction of sp³-hybridized carbons (Fsp3) is 0.500. The summed E-state index contributed by atoms with van der Waals surface area (Å²) in [7, 11) is 3.31. The highest BCUT2D eigenvalue weighted by Crippen LogP contribution is 2.34. The molecule has 0 bridgehead atoms. The van der Waals surface area contributed by atoms with Crippen LogP contribution in [0.5, 0.6) is 11.5 Å². The van der Waals surface area contributed by atoms with E-state index in [-0.39, 0.29) is 0 Å². The van der Waals surface area contributed by atoms with Crippen LogP contribution in [0.2, 0.25) is 0 Å². The number of benzene rings is 1. The van der Waals surface area contributed by atoms with Gasteiger partial charge in [-0.05, 0) is 49.6 Å². The van der Waals surface area contributed by atoms with E-state index in [1.807, 2.05) is 13.0 Å². The molecule has 0 unspecified atom stereocenters. The molecule has 2 N–H and O–H groups in total. The molecule has 0 saturated carbocycles. The molecule has 3 nitrogen and oxygen atoms in total. The lowest BCUT2D eigenvalue weighted by Crippen LogP contribution is -2.06. The molecular formula is C12H19NO2. The first kappa shape index (κ1) is 11.9. The van der Waals surface area contributed by atoms with Gasteiger partial charge < -0.3 is 15.2 Å². The van der Waals surface area contributed by atoms with Crippen LogP contribution < -0.4 is 15.2 Å². The van der Waals surface area contributed by atoms with Crippen molar-refractivity contribution in [2.45, 2.75) is 20.3 Å². The fourth-order valence-corrected chi connectivity index (χ4v) is 1.75. The number of nitrogens with two attached hydrogens (primary N) is 1. The van der Waals surface area contributed by atoms with Crippen LogP contribution in [0.25, 0.3) is 0 Å². The van der Waals surface area contributed by atoms with E-state index in [4.69, 9.17) is 15.2 Å². The van der Waals surface area contributed by atoms with E-state index in [1.54, 1.807) is 14.2 Å². The fourth-order valence-electron chi connectivity index (χ4n) is 1.75. The molecule has 0 aliphatic heterocycles. The second kappa shape index (κ2) is 5.03. The molecule has 1 rings (SSSR count). The summed E-state index contributed by atoms with van der Waals surface area (Å²) >= 11 is 0. The van der Waals surface area contributed by atoms with Crippen molar-refractivity contribution in [1.29, 1.82) is 0 Å². The molecule has 3 heteroatoms. The number of rotatable bonds is 4. The first-order chi connectivity index (χ1) is 7.15. The van der Waals surface area contributed by atoms with E-state index < -0.39 is 0 Å². The Hall–Kier alpha value is -1.22. The maximum Gasteiger partial charge on any atom is 0.163 e. The van der Waals surface area contributed by atoms with Gasteiger partial charge in [-0.15, -0.1) is 0 Å². The Labute approximate surface area is 91.2 Å². The van der Waals surface area contributed by atoms with Crippen molar-refractivity contribution in [3.8, 4) is 11.5 Å². The second-order valence-corrected chi connectivity index (χ2v) is 3.56. The molecule has 0 aromatic heterocycles. The van der Waals surface area contributed by atoms with E-state index in [9.17, 15) is 0 Å². The Morgan fingerprint density at radius 1 is 1.13 bits per heavy atom. The Kier molecular flexibility index (Phi) is 3.97. The van der Waals surface area contributed by atoms with Crippen LogP contribution in [-0.4, -0.2) is 20.8 Å². The third-order valence-electron chi connectivity index (χ3n) is 2.75. The Morgan fingerprint density at radius 3 is 2.27 bits per heavy atom. The van der Waals surface area contributed by atoms with Crippen LogP contribution in [0.4, 0.5) is 0 Å². The quantitative estimate of drug-likeness (QED) is 0.822. The predicted octanol–water partition coefficient (Wildman–Crippen LogP) is 1.82. The minimum absolute atomic E-state index is 0.649. The zero-order valence-electron chi connectivity index (χ0n) is 9.89. The van der Waals surface area contributed by atoms with Gasteiger partial charge in [0.2, 0.25) is 0 Å². The molecule has 0 spiro atoms. The molecule has 1 aromatic carbocycles. The smallest absolute Gasteiger partial charge is 0.163 e. The highest BCUT2D eigenvalue weighted by molar-refractivity contribution is 5.53. The summed E-state index contributed by atoms with van der Waals surface area (Å²) in [6, 6.07) is 2.01.